The molecule has 0 spiro atoms. The monoisotopic (exact) mass is 309 g/mol. The SMILES string of the molecule is CCN(C(=O)COc1cnn(C)c1)c1cccc2ccccc12. The lowest BCUT2D eigenvalue weighted by Gasteiger charge is -2.22. The van der Waals surface area contributed by atoms with Gasteiger partial charge in [0.05, 0.1) is 18.1 Å². The Morgan fingerprint density at radius 3 is 2.74 bits per heavy atom. The lowest BCUT2D eigenvalue weighted by molar-refractivity contribution is -0.120. The molecule has 0 fully saturated rings. The number of nitrogens with zero attached hydrogens (tertiary/aromatic N) is 3. The van der Waals surface area contributed by atoms with Crippen molar-refractivity contribution in [3.05, 3.63) is 54.9 Å². The van der Waals surface area contributed by atoms with Crippen LogP contribution in [-0.2, 0) is 11.8 Å². The number of ether oxygens (including phenoxy) is 1. The summed E-state index contributed by atoms with van der Waals surface area (Å²) in [5.41, 5.74) is 0.908. The van der Waals surface area contributed by atoms with Crippen molar-refractivity contribution in [2.75, 3.05) is 18.1 Å². The summed E-state index contributed by atoms with van der Waals surface area (Å²) >= 11 is 0. The number of hydrogen-bond donors (Lipinski definition) is 0. The minimum atomic E-state index is -0.0762. The highest BCUT2D eigenvalue weighted by Crippen LogP contribution is 2.26. The molecule has 3 rings (SSSR count). The van der Waals surface area contributed by atoms with E-state index in [4.69, 9.17) is 4.74 Å². The maximum absolute atomic E-state index is 12.6. The van der Waals surface area contributed by atoms with Gasteiger partial charge in [-0.15, -0.1) is 0 Å². The molecule has 118 valence electrons. The highest BCUT2D eigenvalue weighted by Gasteiger charge is 2.17. The van der Waals surface area contributed by atoms with Gasteiger partial charge in [-0.2, -0.15) is 5.10 Å². The number of carbonyl (C=O) groups is 1. The van der Waals surface area contributed by atoms with E-state index < -0.39 is 0 Å². The normalized spacial score (nSPS) is 10.7. The number of carbonyl (C=O) groups excluding carboxylic acids is 1. The van der Waals surface area contributed by atoms with Gasteiger partial charge < -0.3 is 9.64 Å². The summed E-state index contributed by atoms with van der Waals surface area (Å²) in [6.07, 6.45) is 3.34. The molecule has 0 aliphatic carbocycles. The molecule has 0 aliphatic rings. The number of anilines is 1. The molecule has 0 bridgehead atoms. The lowest BCUT2D eigenvalue weighted by Crippen LogP contribution is -2.34. The quantitative estimate of drug-likeness (QED) is 0.728. The van der Waals surface area contributed by atoms with E-state index in [1.165, 1.54) is 0 Å². The molecular formula is C18H19N3O2. The maximum Gasteiger partial charge on any atom is 0.264 e. The largest absolute Gasteiger partial charge is 0.480 e. The van der Waals surface area contributed by atoms with Crippen LogP contribution in [0.5, 0.6) is 5.75 Å². The third-order valence-electron chi connectivity index (χ3n) is 3.72. The third-order valence-corrected chi connectivity index (χ3v) is 3.72. The fourth-order valence-electron chi connectivity index (χ4n) is 2.62. The first-order chi connectivity index (χ1) is 11.2. The van der Waals surface area contributed by atoms with Crippen LogP contribution in [0.3, 0.4) is 0 Å². The van der Waals surface area contributed by atoms with E-state index in [2.05, 4.69) is 5.10 Å². The number of benzene rings is 2. The maximum atomic E-state index is 12.6. The Morgan fingerprint density at radius 1 is 1.22 bits per heavy atom. The van der Waals surface area contributed by atoms with Crippen LogP contribution in [0.1, 0.15) is 6.92 Å². The number of likely N-dealkylation sites (N-methyl/N-ethyl adjacent to an activating group) is 1. The van der Waals surface area contributed by atoms with E-state index in [1.54, 1.807) is 22.0 Å². The van der Waals surface area contributed by atoms with Gasteiger partial charge in [-0.3, -0.25) is 9.48 Å². The standard InChI is InChI=1S/C18H19N3O2/c1-3-21(18(22)13-23-15-11-19-20(2)12-15)17-10-6-8-14-7-4-5-9-16(14)17/h4-12H,3,13H2,1-2H3. The second-order valence-electron chi connectivity index (χ2n) is 5.27. The smallest absolute Gasteiger partial charge is 0.264 e. The summed E-state index contributed by atoms with van der Waals surface area (Å²) in [4.78, 5) is 14.3. The number of amides is 1. The first-order valence-corrected chi connectivity index (χ1v) is 7.58. The molecule has 5 nitrogen and oxygen atoms in total. The molecular weight excluding hydrogens is 290 g/mol. The first kappa shape index (κ1) is 15.1. The van der Waals surface area contributed by atoms with Crippen molar-refractivity contribution in [2.45, 2.75) is 6.92 Å². The van der Waals surface area contributed by atoms with Crippen LogP contribution in [0.2, 0.25) is 0 Å². The van der Waals surface area contributed by atoms with E-state index in [0.29, 0.717) is 12.3 Å². The summed E-state index contributed by atoms with van der Waals surface area (Å²) in [6, 6.07) is 14.0. The summed E-state index contributed by atoms with van der Waals surface area (Å²) in [5, 5.41) is 6.20. The van der Waals surface area contributed by atoms with Gasteiger partial charge >= 0.3 is 0 Å². The molecule has 3 aromatic rings. The number of aromatic nitrogens is 2. The molecule has 5 heteroatoms. The molecule has 0 atom stereocenters. The van der Waals surface area contributed by atoms with Gasteiger partial charge in [-0.05, 0) is 18.4 Å². The van der Waals surface area contributed by atoms with Gasteiger partial charge in [-0.1, -0.05) is 36.4 Å². The van der Waals surface area contributed by atoms with E-state index in [0.717, 1.165) is 16.5 Å². The minimum Gasteiger partial charge on any atom is -0.480 e. The van der Waals surface area contributed by atoms with Crippen molar-refractivity contribution >= 4 is 22.4 Å². The molecule has 23 heavy (non-hydrogen) atoms. The van der Waals surface area contributed by atoms with Gasteiger partial charge in [0.1, 0.15) is 0 Å². The zero-order valence-corrected chi connectivity index (χ0v) is 13.3. The molecule has 1 amide bonds. The number of aryl methyl sites for hydroxylation is 1. The zero-order valence-electron chi connectivity index (χ0n) is 13.3. The van der Waals surface area contributed by atoms with Crippen LogP contribution >= 0.6 is 0 Å². The number of rotatable bonds is 5. The second-order valence-corrected chi connectivity index (χ2v) is 5.27. The second kappa shape index (κ2) is 6.52. The van der Waals surface area contributed by atoms with Crippen LogP contribution in [-0.4, -0.2) is 28.8 Å². The van der Waals surface area contributed by atoms with Crippen molar-refractivity contribution in [1.29, 1.82) is 0 Å². The Balaban J connectivity index is 1.82. The molecule has 0 saturated heterocycles. The Kier molecular flexibility index (Phi) is 4.28. The van der Waals surface area contributed by atoms with Crippen molar-refractivity contribution in [3.63, 3.8) is 0 Å². The lowest BCUT2D eigenvalue weighted by atomic mass is 10.1. The molecule has 0 aliphatic heterocycles. The van der Waals surface area contributed by atoms with Gasteiger partial charge in [0, 0.05) is 19.0 Å². The topological polar surface area (TPSA) is 47.4 Å². The van der Waals surface area contributed by atoms with Crippen molar-refractivity contribution in [1.82, 2.24) is 9.78 Å². The van der Waals surface area contributed by atoms with E-state index >= 15 is 0 Å². The van der Waals surface area contributed by atoms with Crippen LogP contribution in [0, 0.1) is 0 Å². The summed E-state index contributed by atoms with van der Waals surface area (Å²) in [7, 11) is 1.81. The molecule has 0 saturated carbocycles. The van der Waals surface area contributed by atoms with Gasteiger partial charge in [-0.25, -0.2) is 0 Å². The van der Waals surface area contributed by atoms with Crippen LogP contribution in [0.4, 0.5) is 5.69 Å². The number of fused-ring (bicyclic) bond motifs is 1. The van der Waals surface area contributed by atoms with Gasteiger partial charge in [0.2, 0.25) is 0 Å². The van der Waals surface area contributed by atoms with Crippen molar-refractivity contribution < 1.29 is 9.53 Å². The van der Waals surface area contributed by atoms with Crippen LogP contribution < -0.4 is 9.64 Å². The predicted molar refractivity (Wildman–Crippen MR) is 90.7 cm³/mol. The van der Waals surface area contributed by atoms with Gasteiger partial charge in [0.15, 0.2) is 12.4 Å². The predicted octanol–water partition coefficient (Wildman–Crippen LogP) is 3.01. The Morgan fingerprint density at radius 2 is 2.00 bits per heavy atom. The molecule has 0 N–H and O–H groups in total. The van der Waals surface area contributed by atoms with Crippen molar-refractivity contribution in [3.8, 4) is 5.75 Å². The Hall–Kier alpha value is -2.82. The average Bonchev–Trinajstić information content (AvgIpc) is 2.99. The highest BCUT2D eigenvalue weighted by molar-refractivity contribution is 6.04. The van der Waals surface area contributed by atoms with E-state index in [9.17, 15) is 4.79 Å². The molecule has 0 unspecified atom stereocenters. The van der Waals surface area contributed by atoms with Crippen molar-refractivity contribution in [2.24, 2.45) is 7.05 Å². The molecule has 1 heterocycles. The number of hydrogen-bond acceptors (Lipinski definition) is 3. The fourth-order valence-corrected chi connectivity index (χ4v) is 2.62. The minimum absolute atomic E-state index is 0.0112. The van der Waals surface area contributed by atoms with E-state index in [1.807, 2.05) is 56.4 Å². The summed E-state index contributed by atoms with van der Waals surface area (Å²) in [6.45, 7) is 2.54. The summed E-state index contributed by atoms with van der Waals surface area (Å²) in [5.74, 6) is 0.516. The Bertz CT molecular complexity index is 821. The third kappa shape index (κ3) is 3.18. The molecule has 1 aromatic heterocycles. The Labute approximate surface area is 135 Å². The fraction of sp³-hybridized carbons (Fsp3) is 0.222. The molecule has 0 radical (unpaired) electrons. The average molecular weight is 309 g/mol. The first-order valence-electron chi connectivity index (χ1n) is 7.58. The van der Waals surface area contributed by atoms with Gasteiger partial charge in [0.25, 0.3) is 5.91 Å². The molecule has 2 aromatic carbocycles. The zero-order chi connectivity index (χ0) is 16.2. The highest BCUT2D eigenvalue weighted by atomic mass is 16.5. The van der Waals surface area contributed by atoms with Crippen LogP contribution in [0.15, 0.2) is 54.9 Å². The van der Waals surface area contributed by atoms with E-state index in [-0.39, 0.29) is 12.5 Å². The summed E-state index contributed by atoms with van der Waals surface area (Å²) < 4.78 is 7.17. The van der Waals surface area contributed by atoms with Crippen LogP contribution in [0.25, 0.3) is 10.8 Å².